The Labute approximate surface area is 112 Å². The first-order valence-corrected chi connectivity index (χ1v) is 7.36. The van der Waals surface area contributed by atoms with E-state index in [0.29, 0.717) is 0 Å². The molecule has 3 nitrogen and oxygen atoms in total. The van der Waals surface area contributed by atoms with Crippen LogP contribution in [0.25, 0.3) is 10.9 Å². The van der Waals surface area contributed by atoms with Crippen molar-refractivity contribution < 1.29 is 4.79 Å². The van der Waals surface area contributed by atoms with Gasteiger partial charge in [-0.2, -0.15) is 11.8 Å². The molecule has 0 saturated carbocycles. The number of fused-ring (bicyclic) bond motifs is 1. The van der Waals surface area contributed by atoms with E-state index in [4.69, 9.17) is 0 Å². The summed E-state index contributed by atoms with van der Waals surface area (Å²) in [6, 6.07) is 7.98. The fourth-order valence-electron chi connectivity index (χ4n) is 2.02. The van der Waals surface area contributed by atoms with Crippen LogP contribution in [0.1, 0.15) is 17.3 Å². The second kappa shape index (κ2) is 5.48. The molecule has 0 aliphatic rings. The second-order valence-corrected chi connectivity index (χ2v) is 5.38. The van der Waals surface area contributed by atoms with Gasteiger partial charge >= 0.3 is 0 Å². The Hall–Kier alpha value is -1.42. The van der Waals surface area contributed by atoms with E-state index in [1.807, 2.05) is 42.4 Å². The average Bonchev–Trinajstić information content (AvgIpc) is 2.85. The Bertz CT molecular complexity index is 549. The van der Waals surface area contributed by atoms with Crippen LogP contribution in [0.2, 0.25) is 0 Å². The van der Waals surface area contributed by atoms with E-state index >= 15 is 0 Å². The highest BCUT2D eigenvalue weighted by molar-refractivity contribution is 7.98. The molecule has 0 radical (unpaired) electrons. The van der Waals surface area contributed by atoms with Crippen molar-refractivity contribution in [3.63, 3.8) is 0 Å². The molecule has 0 aliphatic heterocycles. The maximum absolute atomic E-state index is 12.5. The number of H-pyrrole nitrogens is 1. The second-order valence-electron chi connectivity index (χ2n) is 4.46. The van der Waals surface area contributed by atoms with Crippen LogP contribution >= 0.6 is 11.8 Å². The van der Waals surface area contributed by atoms with Crippen LogP contribution in [0.3, 0.4) is 0 Å². The first kappa shape index (κ1) is 13.0. The molecule has 1 aromatic heterocycles. The summed E-state index contributed by atoms with van der Waals surface area (Å²) in [5.41, 5.74) is 1.77. The monoisotopic (exact) mass is 262 g/mol. The Kier molecular flexibility index (Phi) is 3.97. The number of carbonyl (C=O) groups is 1. The molecule has 1 amide bonds. The maximum Gasteiger partial charge on any atom is 0.254 e. The van der Waals surface area contributed by atoms with Gasteiger partial charge in [0.1, 0.15) is 0 Å². The molecule has 1 atom stereocenters. The number of amides is 1. The lowest BCUT2D eigenvalue weighted by Crippen LogP contribution is -2.36. The molecular formula is C14H18N2OS. The quantitative estimate of drug-likeness (QED) is 0.919. The lowest BCUT2D eigenvalue weighted by molar-refractivity contribution is 0.0759. The Morgan fingerprint density at radius 1 is 1.44 bits per heavy atom. The number of nitrogens with one attached hydrogen (secondary N) is 1. The third-order valence-electron chi connectivity index (χ3n) is 3.21. The highest BCUT2D eigenvalue weighted by Crippen LogP contribution is 2.19. The summed E-state index contributed by atoms with van der Waals surface area (Å²) < 4.78 is 0. The molecular weight excluding hydrogens is 244 g/mol. The normalized spacial score (nSPS) is 12.6. The van der Waals surface area contributed by atoms with E-state index in [1.54, 1.807) is 11.8 Å². The molecule has 0 saturated heterocycles. The van der Waals surface area contributed by atoms with Gasteiger partial charge in [-0.3, -0.25) is 4.79 Å². The van der Waals surface area contributed by atoms with Gasteiger partial charge in [0.05, 0.1) is 0 Å². The first-order valence-electron chi connectivity index (χ1n) is 5.97. The Morgan fingerprint density at radius 3 is 2.94 bits per heavy atom. The van der Waals surface area contributed by atoms with Gasteiger partial charge in [0.2, 0.25) is 0 Å². The van der Waals surface area contributed by atoms with Crippen molar-refractivity contribution in [1.82, 2.24) is 9.88 Å². The summed E-state index contributed by atoms with van der Waals surface area (Å²) in [7, 11) is 1.87. The maximum atomic E-state index is 12.5. The molecule has 1 heterocycles. The Balaban J connectivity index is 2.30. The van der Waals surface area contributed by atoms with Crippen molar-refractivity contribution in [3.05, 3.63) is 36.0 Å². The van der Waals surface area contributed by atoms with Gasteiger partial charge in [-0.1, -0.05) is 6.07 Å². The summed E-state index contributed by atoms with van der Waals surface area (Å²) in [5, 5.41) is 0.991. The van der Waals surface area contributed by atoms with Crippen molar-refractivity contribution in [2.45, 2.75) is 13.0 Å². The lowest BCUT2D eigenvalue weighted by Gasteiger charge is -2.24. The first-order chi connectivity index (χ1) is 8.65. The Morgan fingerprint density at radius 2 is 2.22 bits per heavy atom. The minimum absolute atomic E-state index is 0.0850. The zero-order valence-corrected chi connectivity index (χ0v) is 11.8. The number of carbonyl (C=O) groups excluding carboxylic acids is 1. The van der Waals surface area contributed by atoms with Gasteiger partial charge in [-0.15, -0.1) is 0 Å². The van der Waals surface area contributed by atoms with Crippen molar-refractivity contribution in [2.24, 2.45) is 0 Å². The molecule has 4 heteroatoms. The predicted molar refractivity (Wildman–Crippen MR) is 78.2 cm³/mol. The van der Waals surface area contributed by atoms with Crippen LogP contribution < -0.4 is 0 Å². The number of benzene rings is 1. The van der Waals surface area contributed by atoms with E-state index in [1.165, 1.54) is 0 Å². The molecule has 18 heavy (non-hydrogen) atoms. The highest BCUT2D eigenvalue weighted by atomic mass is 32.2. The standard InChI is InChI=1S/C14H18N2OS/c1-10(9-18-3)16(2)14(17)12-5-4-6-13-11(12)7-8-15-13/h4-8,10,15H,9H2,1-3H3. The molecule has 1 aromatic carbocycles. The van der Waals surface area contributed by atoms with E-state index in [-0.39, 0.29) is 11.9 Å². The smallest absolute Gasteiger partial charge is 0.254 e. The molecule has 0 aliphatic carbocycles. The summed E-state index contributed by atoms with van der Waals surface area (Å²) in [6.45, 7) is 2.08. The van der Waals surface area contributed by atoms with Gasteiger partial charge in [-0.05, 0) is 31.4 Å². The van der Waals surface area contributed by atoms with Crippen LogP contribution in [-0.4, -0.2) is 40.9 Å². The average molecular weight is 262 g/mol. The van der Waals surface area contributed by atoms with Crippen LogP contribution in [-0.2, 0) is 0 Å². The van der Waals surface area contributed by atoms with Gasteiger partial charge in [0, 0.05) is 41.5 Å². The van der Waals surface area contributed by atoms with E-state index < -0.39 is 0 Å². The molecule has 96 valence electrons. The van der Waals surface area contributed by atoms with Crippen LogP contribution in [0.15, 0.2) is 30.5 Å². The number of rotatable bonds is 4. The number of aromatic nitrogens is 1. The van der Waals surface area contributed by atoms with E-state index in [9.17, 15) is 4.79 Å². The van der Waals surface area contributed by atoms with Gasteiger partial charge in [0.15, 0.2) is 0 Å². The van der Waals surface area contributed by atoms with E-state index in [2.05, 4.69) is 18.2 Å². The van der Waals surface area contributed by atoms with Crippen molar-refractivity contribution in [1.29, 1.82) is 0 Å². The molecule has 0 spiro atoms. The summed E-state index contributed by atoms with van der Waals surface area (Å²) in [5.74, 6) is 1.03. The summed E-state index contributed by atoms with van der Waals surface area (Å²) in [4.78, 5) is 17.4. The zero-order chi connectivity index (χ0) is 13.1. The van der Waals surface area contributed by atoms with Crippen molar-refractivity contribution >= 4 is 28.6 Å². The van der Waals surface area contributed by atoms with Crippen LogP contribution in [0.4, 0.5) is 0 Å². The topological polar surface area (TPSA) is 36.1 Å². The molecule has 2 aromatic rings. The van der Waals surface area contributed by atoms with Gasteiger partial charge < -0.3 is 9.88 Å². The number of hydrogen-bond acceptors (Lipinski definition) is 2. The SMILES string of the molecule is CSCC(C)N(C)C(=O)c1cccc2[nH]ccc12. The third kappa shape index (κ3) is 2.38. The fraction of sp³-hybridized carbons (Fsp3) is 0.357. The fourth-order valence-corrected chi connectivity index (χ4v) is 2.72. The van der Waals surface area contributed by atoms with Crippen LogP contribution in [0, 0.1) is 0 Å². The lowest BCUT2D eigenvalue weighted by atomic mass is 10.1. The largest absolute Gasteiger partial charge is 0.361 e. The molecule has 0 fully saturated rings. The molecule has 2 rings (SSSR count). The summed E-state index contributed by atoms with van der Waals surface area (Å²) >= 11 is 1.76. The van der Waals surface area contributed by atoms with Crippen molar-refractivity contribution in [3.8, 4) is 0 Å². The van der Waals surface area contributed by atoms with Gasteiger partial charge in [-0.25, -0.2) is 0 Å². The highest BCUT2D eigenvalue weighted by Gasteiger charge is 2.19. The minimum atomic E-state index is 0.0850. The number of hydrogen-bond donors (Lipinski definition) is 1. The number of nitrogens with zero attached hydrogens (tertiary/aromatic N) is 1. The molecule has 0 bridgehead atoms. The predicted octanol–water partition coefficient (Wildman–Crippen LogP) is 2.99. The van der Waals surface area contributed by atoms with Gasteiger partial charge in [0.25, 0.3) is 5.91 Å². The summed E-state index contributed by atoms with van der Waals surface area (Å²) in [6.07, 6.45) is 3.93. The molecule has 1 N–H and O–H groups in total. The van der Waals surface area contributed by atoms with Crippen molar-refractivity contribution in [2.75, 3.05) is 19.1 Å². The minimum Gasteiger partial charge on any atom is -0.361 e. The molecule has 1 unspecified atom stereocenters. The van der Waals surface area contributed by atoms with Crippen LogP contribution in [0.5, 0.6) is 0 Å². The number of aromatic amines is 1. The zero-order valence-electron chi connectivity index (χ0n) is 10.9. The third-order valence-corrected chi connectivity index (χ3v) is 4.03. The van der Waals surface area contributed by atoms with E-state index in [0.717, 1.165) is 22.2 Å². The number of thioether (sulfide) groups is 1.